The molecule has 0 N–H and O–H groups in total. The van der Waals surface area contributed by atoms with Gasteiger partial charge in [0.2, 0.25) is 5.82 Å². The third-order valence-corrected chi connectivity index (χ3v) is 5.43. The van der Waals surface area contributed by atoms with Gasteiger partial charge in [0.1, 0.15) is 17.1 Å². The number of hydrogen-bond donors (Lipinski definition) is 0. The molecule has 4 heterocycles. The molecule has 7 nitrogen and oxygen atoms in total. The fourth-order valence-corrected chi connectivity index (χ4v) is 3.80. The van der Waals surface area contributed by atoms with Gasteiger partial charge in [-0.3, -0.25) is 0 Å². The molecule has 5 rings (SSSR count). The number of thiophene rings is 1. The van der Waals surface area contributed by atoms with Crippen molar-refractivity contribution in [2.75, 3.05) is 31.2 Å². The molecule has 142 valence electrons. The maximum absolute atomic E-state index is 5.98. The standard InChI is InChI=1S/C20H18N4O3S/c1-3-14-6-7-17(24-8-10-25-11-9-24)21-19(14)15(4-1)26-13-18-22-20(23-27-18)16-5-2-12-28-16/h1-7,12H,8-11,13H2. The first-order valence-corrected chi connectivity index (χ1v) is 9.96. The van der Waals surface area contributed by atoms with Crippen molar-refractivity contribution >= 4 is 28.1 Å². The van der Waals surface area contributed by atoms with Crippen LogP contribution in [-0.4, -0.2) is 41.4 Å². The Kier molecular flexibility index (Phi) is 4.64. The molecule has 3 aromatic heterocycles. The Hall–Kier alpha value is -2.97. The highest BCUT2D eigenvalue weighted by atomic mass is 32.1. The van der Waals surface area contributed by atoms with E-state index < -0.39 is 0 Å². The molecule has 0 amide bonds. The summed E-state index contributed by atoms with van der Waals surface area (Å²) >= 11 is 1.57. The molecule has 0 bridgehead atoms. The minimum absolute atomic E-state index is 0.195. The summed E-state index contributed by atoms with van der Waals surface area (Å²) in [6.45, 7) is 3.33. The van der Waals surface area contributed by atoms with Crippen LogP contribution in [0.1, 0.15) is 5.89 Å². The highest BCUT2D eigenvalue weighted by Crippen LogP contribution is 2.28. The van der Waals surface area contributed by atoms with E-state index in [1.807, 2.05) is 41.8 Å². The number of morpholine rings is 1. The second kappa shape index (κ2) is 7.57. The molecule has 1 aliphatic heterocycles. The van der Waals surface area contributed by atoms with E-state index in [2.05, 4.69) is 21.1 Å². The minimum atomic E-state index is 0.195. The van der Waals surface area contributed by atoms with E-state index in [9.17, 15) is 0 Å². The maximum Gasteiger partial charge on any atom is 0.264 e. The van der Waals surface area contributed by atoms with Gasteiger partial charge in [0, 0.05) is 18.5 Å². The molecular weight excluding hydrogens is 376 g/mol. The molecule has 0 spiro atoms. The number of benzene rings is 1. The Bertz CT molecular complexity index is 1070. The Balaban J connectivity index is 1.37. The van der Waals surface area contributed by atoms with Crippen LogP contribution in [0.15, 0.2) is 52.4 Å². The molecule has 1 aliphatic rings. The predicted octanol–water partition coefficient (Wildman–Crippen LogP) is 3.76. The van der Waals surface area contributed by atoms with E-state index in [-0.39, 0.29) is 6.61 Å². The second-order valence-electron chi connectivity index (χ2n) is 6.37. The smallest absolute Gasteiger partial charge is 0.264 e. The van der Waals surface area contributed by atoms with Gasteiger partial charge in [-0.25, -0.2) is 4.98 Å². The molecular formula is C20H18N4O3S. The van der Waals surface area contributed by atoms with E-state index in [0.29, 0.717) is 17.5 Å². The molecule has 1 aromatic carbocycles. The Morgan fingerprint density at radius 1 is 1.04 bits per heavy atom. The molecule has 0 atom stereocenters. The SMILES string of the molecule is c1csc(-c2noc(COc3cccc4ccc(N5CCOCC5)nc34)n2)c1. The molecule has 1 fully saturated rings. The van der Waals surface area contributed by atoms with Crippen molar-refractivity contribution in [1.82, 2.24) is 15.1 Å². The number of aromatic nitrogens is 3. The summed E-state index contributed by atoms with van der Waals surface area (Å²) in [7, 11) is 0. The third kappa shape index (κ3) is 3.44. The fourth-order valence-electron chi connectivity index (χ4n) is 3.15. The second-order valence-corrected chi connectivity index (χ2v) is 7.32. The number of fused-ring (bicyclic) bond motifs is 1. The van der Waals surface area contributed by atoms with Gasteiger partial charge in [0.25, 0.3) is 5.89 Å². The zero-order valence-electron chi connectivity index (χ0n) is 15.1. The minimum Gasteiger partial charge on any atom is -0.481 e. The van der Waals surface area contributed by atoms with E-state index in [1.54, 1.807) is 11.3 Å². The molecule has 1 saturated heterocycles. The van der Waals surface area contributed by atoms with E-state index >= 15 is 0 Å². The zero-order valence-corrected chi connectivity index (χ0v) is 15.9. The van der Waals surface area contributed by atoms with Gasteiger partial charge in [0.05, 0.1) is 18.1 Å². The van der Waals surface area contributed by atoms with Crippen LogP contribution in [0.2, 0.25) is 0 Å². The number of anilines is 1. The van der Waals surface area contributed by atoms with Crippen molar-refractivity contribution in [3.05, 3.63) is 53.7 Å². The normalized spacial score (nSPS) is 14.5. The van der Waals surface area contributed by atoms with Gasteiger partial charge in [-0.05, 0) is 29.6 Å². The molecule has 28 heavy (non-hydrogen) atoms. The van der Waals surface area contributed by atoms with Crippen molar-refractivity contribution in [2.45, 2.75) is 6.61 Å². The lowest BCUT2D eigenvalue weighted by Gasteiger charge is -2.28. The maximum atomic E-state index is 5.98. The Morgan fingerprint density at radius 2 is 1.96 bits per heavy atom. The van der Waals surface area contributed by atoms with Gasteiger partial charge in [-0.15, -0.1) is 11.3 Å². The summed E-state index contributed by atoms with van der Waals surface area (Å²) in [5.41, 5.74) is 0.824. The number of hydrogen-bond acceptors (Lipinski definition) is 8. The average Bonchev–Trinajstić information content (AvgIpc) is 3.44. The Morgan fingerprint density at radius 3 is 2.82 bits per heavy atom. The summed E-state index contributed by atoms with van der Waals surface area (Å²) in [6.07, 6.45) is 0. The quantitative estimate of drug-likeness (QED) is 0.510. The van der Waals surface area contributed by atoms with Crippen LogP contribution in [-0.2, 0) is 11.3 Å². The van der Waals surface area contributed by atoms with Gasteiger partial charge in [-0.1, -0.05) is 23.4 Å². The van der Waals surface area contributed by atoms with Gasteiger partial charge < -0.3 is 18.9 Å². The van der Waals surface area contributed by atoms with Crippen LogP contribution in [0.5, 0.6) is 5.75 Å². The number of pyridine rings is 1. The lowest BCUT2D eigenvalue weighted by Crippen LogP contribution is -2.36. The largest absolute Gasteiger partial charge is 0.481 e. The van der Waals surface area contributed by atoms with Crippen LogP contribution in [0, 0.1) is 0 Å². The molecule has 4 aromatic rings. The van der Waals surface area contributed by atoms with Crippen molar-refractivity contribution in [1.29, 1.82) is 0 Å². The first kappa shape index (κ1) is 17.2. The summed E-state index contributed by atoms with van der Waals surface area (Å²) in [5.74, 6) is 2.65. The molecule has 0 saturated carbocycles. The van der Waals surface area contributed by atoms with Crippen LogP contribution < -0.4 is 9.64 Å². The van der Waals surface area contributed by atoms with Crippen molar-refractivity contribution in [3.63, 3.8) is 0 Å². The van der Waals surface area contributed by atoms with Gasteiger partial charge in [0.15, 0.2) is 6.61 Å². The van der Waals surface area contributed by atoms with Crippen molar-refractivity contribution in [2.24, 2.45) is 0 Å². The number of ether oxygens (including phenoxy) is 2. The predicted molar refractivity (Wildman–Crippen MR) is 107 cm³/mol. The third-order valence-electron chi connectivity index (χ3n) is 4.56. The molecule has 8 heteroatoms. The van der Waals surface area contributed by atoms with E-state index in [0.717, 1.165) is 47.9 Å². The first-order chi connectivity index (χ1) is 13.9. The number of para-hydroxylation sites is 1. The average molecular weight is 394 g/mol. The monoisotopic (exact) mass is 394 g/mol. The lowest BCUT2D eigenvalue weighted by molar-refractivity contribution is 0.122. The molecule has 0 aliphatic carbocycles. The van der Waals surface area contributed by atoms with Gasteiger partial charge >= 0.3 is 0 Å². The summed E-state index contributed by atoms with van der Waals surface area (Å²) in [5, 5.41) is 7.03. The van der Waals surface area contributed by atoms with Gasteiger partial charge in [-0.2, -0.15) is 4.98 Å². The summed E-state index contributed by atoms with van der Waals surface area (Å²) < 4.78 is 16.7. The highest BCUT2D eigenvalue weighted by molar-refractivity contribution is 7.13. The lowest BCUT2D eigenvalue weighted by atomic mass is 10.2. The zero-order chi connectivity index (χ0) is 18.8. The first-order valence-electron chi connectivity index (χ1n) is 9.08. The molecule has 0 unspecified atom stereocenters. The van der Waals surface area contributed by atoms with Crippen LogP contribution in [0.4, 0.5) is 5.82 Å². The van der Waals surface area contributed by atoms with E-state index in [1.165, 1.54) is 0 Å². The number of nitrogens with zero attached hydrogens (tertiary/aromatic N) is 4. The fraction of sp³-hybridized carbons (Fsp3) is 0.250. The number of rotatable bonds is 5. The van der Waals surface area contributed by atoms with Crippen molar-refractivity contribution in [3.8, 4) is 16.5 Å². The summed E-state index contributed by atoms with van der Waals surface area (Å²) in [4.78, 5) is 12.4. The molecule has 0 radical (unpaired) electrons. The van der Waals surface area contributed by atoms with Crippen molar-refractivity contribution < 1.29 is 14.0 Å². The Labute approximate surface area is 165 Å². The highest BCUT2D eigenvalue weighted by Gasteiger charge is 2.15. The van der Waals surface area contributed by atoms with Crippen LogP contribution in [0.25, 0.3) is 21.6 Å². The summed E-state index contributed by atoms with van der Waals surface area (Å²) in [6, 6.07) is 13.9. The van der Waals surface area contributed by atoms with Crippen LogP contribution >= 0.6 is 11.3 Å². The van der Waals surface area contributed by atoms with Crippen LogP contribution in [0.3, 0.4) is 0 Å². The topological polar surface area (TPSA) is 73.5 Å². The van der Waals surface area contributed by atoms with E-state index in [4.69, 9.17) is 19.0 Å².